The Morgan fingerprint density at radius 1 is 0.941 bits per heavy atom. The fourth-order valence-corrected chi connectivity index (χ4v) is 2.69. The molecule has 1 aliphatic rings. The predicted molar refractivity (Wildman–Crippen MR) is 71.5 cm³/mol. The average Bonchev–Trinajstić information content (AvgIpc) is 2.43. The van der Waals surface area contributed by atoms with Gasteiger partial charge >= 0.3 is 0 Å². The molecule has 2 rings (SSSR count). The Balaban J connectivity index is 2.14. The Labute approximate surface area is 108 Å². The standard InChI is InChI=1S/C15H19ClO/c16-13-10-8-12(9-11-13)14-6-4-2-1-3-5-7-15(14)17/h8-11,14H,1-7H2. The Morgan fingerprint density at radius 3 is 2.35 bits per heavy atom. The van der Waals surface area contributed by atoms with Crippen molar-refractivity contribution in [1.29, 1.82) is 0 Å². The lowest BCUT2D eigenvalue weighted by molar-refractivity contribution is -0.120. The van der Waals surface area contributed by atoms with Crippen molar-refractivity contribution < 1.29 is 4.79 Å². The molecule has 2 heteroatoms. The van der Waals surface area contributed by atoms with Crippen LogP contribution in [0.25, 0.3) is 0 Å². The predicted octanol–water partition coefficient (Wildman–Crippen LogP) is 4.74. The molecule has 1 aliphatic carbocycles. The summed E-state index contributed by atoms with van der Waals surface area (Å²) < 4.78 is 0. The van der Waals surface area contributed by atoms with Crippen LogP contribution in [0.4, 0.5) is 0 Å². The van der Waals surface area contributed by atoms with Crippen LogP contribution in [0.3, 0.4) is 0 Å². The van der Waals surface area contributed by atoms with Crippen molar-refractivity contribution >= 4 is 17.4 Å². The van der Waals surface area contributed by atoms with Gasteiger partial charge in [0.15, 0.2) is 0 Å². The van der Waals surface area contributed by atoms with Gasteiger partial charge in [0.1, 0.15) is 5.78 Å². The topological polar surface area (TPSA) is 17.1 Å². The first kappa shape index (κ1) is 12.6. The third-order valence-electron chi connectivity index (χ3n) is 3.58. The van der Waals surface area contributed by atoms with Gasteiger partial charge in [-0.25, -0.2) is 0 Å². The molecule has 0 heterocycles. The van der Waals surface area contributed by atoms with E-state index in [2.05, 4.69) is 0 Å². The molecule has 92 valence electrons. The summed E-state index contributed by atoms with van der Waals surface area (Å²) in [5.74, 6) is 0.514. The van der Waals surface area contributed by atoms with E-state index in [4.69, 9.17) is 11.6 Å². The molecule has 1 atom stereocenters. The third-order valence-corrected chi connectivity index (χ3v) is 3.83. The Morgan fingerprint density at radius 2 is 1.59 bits per heavy atom. The molecule has 1 nitrogen and oxygen atoms in total. The molecule has 1 aromatic carbocycles. The summed E-state index contributed by atoms with van der Waals surface area (Å²) in [6, 6.07) is 7.78. The number of ketones is 1. The van der Waals surface area contributed by atoms with Crippen LogP contribution in [0, 0.1) is 0 Å². The van der Waals surface area contributed by atoms with E-state index in [1.165, 1.54) is 25.7 Å². The molecule has 1 unspecified atom stereocenters. The number of carbonyl (C=O) groups excluding carboxylic acids is 1. The van der Waals surface area contributed by atoms with Crippen LogP contribution in [0.5, 0.6) is 0 Å². The zero-order chi connectivity index (χ0) is 12.1. The summed E-state index contributed by atoms with van der Waals surface area (Å²) in [7, 11) is 0. The molecule has 0 radical (unpaired) electrons. The van der Waals surface area contributed by atoms with Gasteiger partial charge in [0.2, 0.25) is 0 Å². The maximum Gasteiger partial charge on any atom is 0.140 e. The van der Waals surface area contributed by atoms with Crippen LogP contribution in [-0.2, 0) is 4.79 Å². The fourth-order valence-electron chi connectivity index (χ4n) is 2.56. The van der Waals surface area contributed by atoms with E-state index in [-0.39, 0.29) is 5.92 Å². The molecule has 0 amide bonds. The van der Waals surface area contributed by atoms with Crippen LogP contribution >= 0.6 is 11.6 Å². The zero-order valence-corrected chi connectivity index (χ0v) is 10.9. The van der Waals surface area contributed by atoms with Gasteiger partial charge in [-0.3, -0.25) is 4.79 Å². The number of hydrogen-bond donors (Lipinski definition) is 0. The molecule has 0 aliphatic heterocycles. The highest BCUT2D eigenvalue weighted by molar-refractivity contribution is 6.30. The van der Waals surface area contributed by atoms with Crippen molar-refractivity contribution in [3.8, 4) is 0 Å². The highest BCUT2D eigenvalue weighted by atomic mass is 35.5. The van der Waals surface area contributed by atoms with E-state index >= 15 is 0 Å². The van der Waals surface area contributed by atoms with Gasteiger partial charge in [-0.2, -0.15) is 0 Å². The van der Waals surface area contributed by atoms with E-state index in [9.17, 15) is 4.79 Å². The molecule has 1 fully saturated rings. The lowest BCUT2D eigenvalue weighted by Crippen LogP contribution is -2.12. The van der Waals surface area contributed by atoms with Gasteiger partial charge in [-0.15, -0.1) is 0 Å². The van der Waals surface area contributed by atoms with Gasteiger partial charge in [-0.1, -0.05) is 49.4 Å². The molecule has 0 saturated heterocycles. The van der Waals surface area contributed by atoms with E-state index in [0.717, 1.165) is 29.8 Å². The monoisotopic (exact) mass is 250 g/mol. The van der Waals surface area contributed by atoms with Crippen LogP contribution < -0.4 is 0 Å². The number of halogens is 1. The molecular formula is C15H19ClO. The highest BCUT2D eigenvalue weighted by Crippen LogP contribution is 2.28. The Bertz CT molecular complexity index is 369. The molecule has 17 heavy (non-hydrogen) atoms. The fraction of sp³-hybridized carbons (Fsp3) is 0.533. The number of carbonyl (C=O) groups is 1. The Hall–Kier alpha value is -0.820. The second-order valence-electron chi connectivity index (χ2n) is 4.88. The molecule has 0 N–H and O–H groups in total. The first-order valence-electron chi connectivity index (χ1n) is 6.55. The molecule has 0 bridgehead atoms. The summed E-state index contributed by atoms with van der Waals surface area (Å²) in [4.78, 5) is 12.2. The van der Waals surface area contributed by atoms with Gasteiger partial charge < -0.3 is 0 Å². The Kier molecular flexibility index (Phi) is 4.61. The normalized spacial score (nSPS) is 22.6. The van der Waals surface area contributed by atoms with Crippen LogP contribution in [-0.4, -0.2) is 5.78 Å². The SMILES string of the molecule is O=C1CCCCCCCC1c1ccc(Cl)cc1. The second kappa shape index (κ2) is 6.20. The minimum absolute atomic E-state index is 0.102. The second-order valence-corrected chi connectivity index (χ2v) is 5.31. The third kappa shape index (κ3) is 3.57. The van der Waals surface area contributed by atoms with E-state index in [1.54, 1.807) is 0 Å². The zero-order valence-electron chi connectivity index (χ0n) is 10.1. The minimum Gasteiger partial charge on any atom is -0.299 e. The van der Waals surface area contributed by atoms with E-state index in [0.29, 0.717) is 5.78 Å². The summed E-state index contributed by atoms with van der Waals surface area (Å²) in [6.07, 6.45) is 7.72. The van der Waals surface area contributed by atoms with Crippen molar-refractivity contribution in [2.45, 2.75) is 50.9 Å². The van der Waals surface area contributed by atoms with Crippen LogP contribution in [0.1, 0.15) is 56.4 Å². The maximum atomic E-state index is 12.2. The lowest BCUT2D eigenvalue weighted by atomic mass is 9.88. The molecule has 0 spiro atoms. The molecule has 1 saturated carbocycles. The molecule has 1 aromatic rings. The number of hydrogen-bond acceptors (Lipinski definition) is 1. The smallest absolute Gasteiger partial charge is 0.140 e. The largest absolute Gasteiger partial charge is 0.299 e. The van der Waals surface area contributed by atoms with Gasteiger partial charge in [0.25, 0.3) is 0 Å². The van der Waals surface area contributed by atoms with Crippen molar-refractivity contribution in [1.82, 2.24) is 0 Å². The average molecular weight is 251 g/mol. The number of rotatable bonds is 1. The van der Waals surface area contributed by atoms with E-state index < -0.39 is 0 Å². The van der Waals surface area contributed by atoms with Gasteiger partial charge in [-0.05, 0) is 30.5 Å². The van der Waals surface area contributed by atoms with Crippen LogP contribution in [0.2, 0.25) is 5.02 Å². The number of Topliss-reactive ketones (excluding diaryl/α,β-unsaturated/α-hetero) is 1. The summed E-state index contributed by atoms with van der Waals surface area (Å²) in [6.45, 7) is 0. The summed E-state index contributed by atoms with van der Waals surface area (Å²) >= 11 is 5.89. The minimum atomic E-state index is 0.102. The van der Waals surface area contributed by atoms with Crippen molar-refractivity contribution in [2.75, 3.05) is 0 Å². The molecule has 0 aromatic heterocycles. The first-order chi connectivity index (χ1) is 8.27. The van der Waals surface area contributed by atoms with Gasteiger partial charge in [0, 0.05) is 17.4 Å². The lowest BCUT2D eigenvalue weighted by Gasteiger charge is -2.15. The summed E-state index contributed by atoms with van der Waals surface area (Å²) in [5, 5.41) is 0.740. The highest BCUT2D eigenvalue weighted by Gasteiger charge is 2.20. The van der Waals surface area contributed by atoms with Crippen molar-refractivity contribution in [2.24, 2.45) is 0 Å². The first-order valence-corrected chi connectivity index (χ1v) is 6.93. The molecular weight excluding hydrogens is 232 g/mol. The summed E-state index contributed by atoms with van der Waals surface area (Å²) in [5.41, 5.74) is 1.14. The number of benzene rings is 1. The maximum absolute atomic E-state index is 12.2. The van der Waals surface area contributed by atoms with Crippen molar-refractivity contribution in [3.05, 3.63) is 34.9 Å². The quantitative estimate of drug-likeness (QED) is 0.704. The van der Waals surface area contributed by atoms with Crippen LogP contribution in [0.15, 0.2) is 24.3 Å². The van der Waals surface area contributed by atoms with Gasteiger partial charge in [0.05, 0.1) is 0 Å². The van der Waals surface area contributed by atoms with E-state index in [1.807, 2.05) is 24.3 Å². The van der Waals surface area contributed by atoms with Crippen molar-refractivity contribution in [3.63, 3.8) is 0 Å².